The van der Waals surface area contributed by atoms with E-state index in [9.17, 15) is 9.90 Å². The summed E-state index contributed by atoms with van der Waals surface area (Å²) in [7, 11) is 0. The monoisotopic (exact) mass is 256 g/mol. The summed E-state index contributed by atoms with van der Waals surface area (Å²) in [5.74, 6) is -1.31. The lowest BCUT2D eigenvalue weighted by Gasteiger charge is -2.26. The van der Waals surface area contributed by atoms with Crippen LogP contribution >= 0.6 is 0 Å². The first-order valence-electron chi connectivity index (χ1n) is 5.76. The molecule has 5 heteroatoms. The Bertz CT molecular complexity index is 336. The lowest BCUT2D eigenvalue weighted by atomic mass is 10.0. The summed E-state index contributed by atoms with van der Waals surface area (Å²) in [6, 6.07) is 0. The van der Waals surface area contributed by atoms with Crippen molar-refractivity contribution in [3.63, 3.8) is 0 Å². The molecule has 4 atom stereocenters. The number of carbonyl (C=O) groups is 1. The van der Waals surface area contributed by atoms with Gasteiger partial charge >= 0.3 is 5.97 Å². The number of hydrogen-bond acceptors (Lipinski definition) is 5. The Kier molecular flexibility index (Phi) is 4.67. The summed E-state index contributed by atoms with van der Waals surface area (Å²) >= 11 is 0. The molecular weight excluding hydrogens is 236 g/mol. The molecule has 1 fully saturated rings. The molecule has 0 radical (unpaired) electrons. The van der Waals surface area contributed by atoms with Crippen LogP contribution in [0.4, 0.5) is 0 Å². The standard InChI is InChI=1S/C13H20O5/c1-6-9(16-8(3)14)11(15)12-10(7-2)17-13(4,5)18-12/h6-7,9-12,15H,1-2H2,3-5H3/t9-,10+,11-,12+/m0/s1. The van der Waals surface area contributed by atoms with E-state index in [1.54, 1.807) is 19.9 Å². The topological polar surface area (TPSA) is 65.0 Å². The van der Waals surface area contributed by atoms with E-state index >= 15 is 0 Å². The van der Waals surface area contributed by atoms with E-state index in [0.29, 0.717) is 0 Å². The minimum absolute atomic E-state index is 0.465. The molecule has 1 N–H and O–H groups in total. The van der Waals surface area contributed by atoms with E-state index in [1.165, 1.54) is 13.0 Å². The fourth-order valence-corrected chi connectivity index (χ4v) is 1.90. The first-order valence-corrected chi connectivity index (χ1v) is 5.76. The van der Waals surface area contributed by atoms with Crippen LogP contribution in [0.1, 0.15) is 20.8 Å². The number of rotatable bonds is 5. The summed E-state index contributed by atoms with van der Waals surface area (Å²) in [6.07, 6.45) is -0.103. The van der Waals surface area contributed by atoms with Gasteiger partial charge in [0.2, 0.25) is 0 Å². The van der Waals surface area contributed by atoms with Gasteiger partial charge in [0.15, 0.2) is 5.79 Å². The highest BCUT2D eigenvalue weighted by Gasteiger charge is 2.45. The van der Waals surface area contributed by atoms with Crippen LogP contribution in [-0.4, -0.2) is 41.3 Å². The summed E-state index contributed by atoms with van der Waals surface area (Å²) in [5, 5.41) is 10.2. The Labute approximate surface area is 107 Å². The highest BCUT2D eigenvalue weighted by molar-refractivity contribution is 5.66. The zero-order chi connectivity index (χ0) is 13.9. The molecule has 0 amide bonds. The van der Waals surface area contributed by atoms with Gasteiger partial charge in [0.25, 0.3) is 0 Å². The molecule has 0 aromatic rings. The maximum Gasteiger partial charge on any atom is 0.303 e. The van der Waals surface area contributed by atoms with E-state index in [2.05, 4.69) is 13.2 Å². The van der Waals surface area contributed by atoms with Gasteiger partial charge < -0.3 is 19.3 Å². The van der Waals surface area contributed by atoms with E-state index < -0.39 is 36.2 Å². The Morgan fingerprint density at radius 2 is 2.06 bits per heavy atom. The van der Waals surface area contributed by atoms with Gasteiger partial charge in [0, 0.05) is 6.92 Å². The van der Waals surface area contributed by atoms with Gasteiger partial charge in [-0.1, -0.05) is 12.7 Å². The van der Waals surface area contributed by atoms with Crippen LogP contribution in [0.5, 0.6) is 0 Å². The quantitative estimate of drug-likeness (QED) is 0.591. The number of hydrogen-bond donors (Lipinski definition) is 1. The summed E-state index contributed by atoms with van der Waals surface area (Å²) < 4.78 is 16.1. The first kappa shape index (κ1) is 14.9. The second-order valence-electron chi connectivity index (χ2n) is 4.60. The van der Waals surface area contributed by atoms with Gasteiger partial charge in [-0.3, -0.25) is 4.79 Å². The summed E-state index contributed by atoms with van der Waals surface area (Å²) in [6.45, 7) is 11.9. The van der Waals surface area contributed by atoms with Crippen molar-refractivity contribution in [1.29, 1.82) is 0 Å². The van der Waals surface area contributed by atoms with Crippen LogP contribution in [0, 0.1) is 0 Å². The Morgan fingerprint density at radius 3 is 2.50 bits per heavy atom. The third kappa shape index (κ3) is 3.41. The Morgan fingerprint density at radius 1 is 1.44 bits per heavy atom. The zero-order valence-electron chi connectivity index (χ0n) is 11.0. The van der Waals surface area contributed by atoms with E-state index in [0.717, 1.165) is 0 Å². The molecular formula is C13H20O5. The van der Waals surface area contributed by atoms with E-state index in [-0.39, 0.29) is 0 Å². The molecule has 0 aromatic heterocycles. The van der Waals surface area contributed by atoms with Crippen molar-refractivity contribution in [2.75, 3.05) is 0 Å². The van der Waals surface area contributed by atoms with Gasteiger partial charge in [-0.2, -0.15) is 0 Å². The van der Waals surface area contributed by atoms with Crippen LogP contribution < -0.4 is 0 Å². The predicted octanol–water partition coefficient (Wildman–Crippen LogP) is 1.17. The molecule has 0 aliphatic carbocycles. The molecule has 0 saturated carbocycles. The second kappa shape index (κ2) is 5.65. The van der Waals surface area contributed by atoms with Gasteiger partial charge in [-0.05, 0) is 19.9 Å². The van der Waals surface area contributed by atoms with Crippen molar-refractivity contribution >= 4 is 5.97 Å². The van der Waals surface area contributed by atoms with Crippen molar-refractivity contribution in [2.24, 2.45) is 0 Å². The van der Waals surface area contributed by atoms with Crippen LogP contribution in [0.25, 0.3) is 0 Å². The Balaban J connectivity index is 2.80. The fraction of sp³-hybridized carbons (Fsp3) is 0.615. The third-order valence-electron chi connectivity index (χ3n) is 2.60. The molecule has 0 unspecified atom stereocenters. The average Bonchev–Trinajstić information content (AvgIpc) is 2.60. The summed E-state index contributed by atoms with van der Waals surface area (Å²) in [5.41, 5.74) is 0. The molecule has 1 saturated heterocycles. The molecule has 18 heavy (non-hydrogen) atoms. The average molecular weight is 256 g/mol. The maximum atomic E-state index is 10.9. The molecule has 1 aliphatic rings. The minimum Gasteiger partial charge on any atom is -0.455 e. The van der Waals surface area contributed by atoms with Crippen molar-refractivity contribution in [3.05, 3.63) is 25.3 Å². The molecule has 102 valence electrons. The number of ether oxygens (including phenoxy) is 3. The van der Waals surface area contributed by atoms with E-state index in [1.807, 2.05) is 0 Å². The fourth-order valence-electron chi connectivity index (χ4n) is 1.90. The smallest absolute Gasteiger partial charge is 0.303 e. The number of esters is 1. The molecule has 1 aliphatic heterocycles. The number of aliphatic hydroxyl groups is 1. The molecule has 0 aromatic carbocycles. The van der Waals surface area contributed by atoms with Crippen molar-refractivity contribution in [1.82, 2.24) is 0 Å². The third-order valence-corrected chi connectivity index (χ3v) is 2.60. The number of aliphatic hydroxyl groups excluding tert-OH is 1. The lowest BCUT2D eigenvalue weighted by Crippen LogP contribution is -2.43. The van der Waals surface area contributed by atoms with Gasteiger partial charge in [0.05, 0.1) is 0 Å². The largest absolute Gasteiger partial charge is 0.455 e. The minimum atomic E-state index is -1.06. The molecule has 5 nitrogen and oxygen atoms in total. The van der Waals surface area contributed by atoms with Gasteiger partial charge in [-0.15, -0.1) is 6.58 Å². The molecule has 0 bridgehead atoms. The van der Waals surface area contributed by atoms with Crippen LogP contribution in [0.3, 0.4) is 0 Å². The van der Waals surface area contributed by atoms with Crippen LogP contribution in [0.15, 0.2) is 25.3 Å². The first-order chi connectivity index (χ1) is 8.30. The molecule has 1 heterocycles. The molecule has 1 rings (SSSR count). The zero-order valence-corrected chi connectivity index (χ0v) is 11.0. The van der Waals surface area contributed by atoms with Crippen molar-refractivity contribution in [2.45, 2.75) is 51.0 Å². The normalized spacial score (nSPS) is 29.3. The Hall–Kier alpha value is -1.17. The lowest BCUT2D eigenvalue weighted by molar-refractivity contribution is -0.168. The highest BCUT2D eigenvalue weighted by Crippen LogP contribution is 2.31. The van der Waals surface area contributed by atoms with Crippen LogP contribution in [0.2, 0.25) is 0 Å². The van der Waals surface area contributed by atoms with Crippen molar-refractivity contribution in [3.8, 4) is 0 Å². The molecule has 0 spiro atoms. The van der Waals surface area contributed by atoms with Gasteiger partial charge in [0.1, 0.15) is 24.4 Å². The highest BCUT2D eigenvalue weighted by atomic mass is 16.8. The number of carbonyl (C=O) groups excluding carboxylic acids is 1. The van der Waals surface area contributed by atoms with Crippen LogP contribution in [-0.2, 0) is 19.0 Å². The summed E-state index contributed by atoms with van der Waals surface area (Å²) in [4.78, 5) is 10.9. The predicted molar refractivity (Wildman–Crippen MR) is 65.8 cm³/mol. The van der Waals surface area contributed by atoms with E-state index in [4.69, 9.17) is 14.2 Å². The SMILES string of the molecule is C=C[C@H](OC(C)=O)[C@H](O)[C@@H]1OC(C)(C)O[C@@H]1C=C. The second-order valence-corrected chi connectivity index (χ2v) is 4.60. The van der Waals surface area contributed by atoms with Crippen molar-refractivity contribution < 1.29 is 24.1 Å². The van der Waals surface area contributed by atoms with Gasteiger partial charge in [-0.25, -0.2) is 0 Å². The maximum absolute atomic E-state index is 10.9.